The van der Waals surface area contributed by atoms with Crippen molar-refractivity contribution in [3.63, 3.8) is 0 Å². The molecule has 1 aliphatic rings. The van der Waals surface area contributed by atoms with Crippen molar-refractivity contribution in [1.29, 1.82) is 0 Å². The summed E-state index contributed by atoms with van der Waals surface area (Å²) in [6, 6.07) is 10.3. The van der Waals surface area contributed by atoms with E-state index in [1.165, 1.54) is 12.0 Å². The van der Waals surface area contributed by atoms with Crippen molar-refractivity contribution in [3.05, 3.63) is 42.0 Å². The maximum Gasteiger partial charge on any atom is 0.0770 e. The highest BCUT2D eigenvalue weighted by Crippen LogP contribution is 2.24. The van der Waals surface area contributed by atoms with Crippen LogP contribution in [0, 0.1) is 0 Å². The molecule has 1 heterocycles. The summed E-state index contributed by atoms with van der Waals surface area (Å²) in [5, 5.41) is 0. The summed E-state index contributed by atoms with van der Waals surface area (Å²) >= 11 is 3.58. The van der Waals surface area contributed by atoms with E-state index < -0.39 is 0 Å². The smallest absolute Gasteiger partial charge is 0.0770 e. The lowest BCUT2D eigenvalue weighted by atomic mass is 10.1. The van der Waals surface area contributed by atoms with Crippen LogP contribution in [0.2, 0.25) is 0 Å². The molecule has 1 atom stereocenters. The van der Waals surface area contributed by atoms with Crippen molar-refractivity contribution >= 4 is 20.4 Å². The molecule has 1 fully saturated rings. The third kappa shape index (κ3) is 2.46. The van der Waals surface area contributed by atoms with E-state index in [0.29, 0.717) is 6.10 Å². The summed E-state index contributed by atoms with van der Waals surface area (Å²) in [5.41, 5.74) is 1.21. The monoisotopic (exact) mass is 252 g/mol. The van der Waals surface area contributed by atoms with Gasteiger partial charge in [0.25, 0.3) is 0 Å². The largest absolute Gasteiger partial charge is 0.374 e. The molecule has 1 nitrogen and oxygen atoms in total. The van der Waals surface area contributed by atoms with Crippen LogP contribution in [-0.4, -0.2) is 12.7 Å². The molecule has 0 aliphatic carbocycles. The minimum absolute atomic E-state index is 0.296. The molecule has 0 radical (unpaired) electrons. The average Bonchev–Trinajstić information content (AvgIpc) is 2.72. The highest BCUT2D eigenvalue weighted by molar-refractivity contribution is 9.15. The first-order valence-electron chi connectivity index (χ1n) is 4.90. The second-order valence-corrected chi connectivity index (χ2v) is 4.29. The Hall–Kier alpha value is -0.600. The highest BCUT2D eigenvalue weighted by atomic mass is 79.9. The lowest BCUT2D eigenvalue weighted by Crippen LogP contribution is -1.99. The van der Waals surface area contributed by atoms with Gasteiger partial charge in [-0.1, -0.05) is 46.3 Å². The zero-order chi connectivity index (χ0) is 9.80. The van der Waals surface area contributed by atoms with Gasteiger partial charge in [0.2, 0.25) is 0 Å². The predicted octanol–water partition coefficient (Wildman–Crippen LogP) is 3.60. The molecule has 0 aromatic heterocycles. The zero-order valence-electron chi connectivity index (χ0n) is 7.95. The van der Waals surface area contributed by atoms with Gasteiger partial charge in [0.15, 0.2) is 0 Å². The average molecular weight is 253 g/mol. The van der Waals surface area contributed by atoms with Gasteiger partial charge < -0.3 is 4.74 Å². The lowest BCUT2D eigenvalue weighted by Gasteiger charge is -2.04. The first kappa shape index (κ1) is 9.94. The molecule has 74 valence electrons. The predicted molar refractivity (Wildman–Crippen MR) is 62.3 cm³/mol. The summed E-state index contributed by atoms with van der Waals surface area (Å²) in [6.07, 6.45) is 4.77. The SMILES string of the molecule is Br/C(=C/C1CCCO1)c1ccccc1. The van der Waals surface area contributed by atoms with Crippen LogP contribution in [0.15, 0.2) is 36.4 Å². The summed E-state index contributed by atoms with van der Waals surface area (Å²) in [5.74, 6) is 0. The lowest BCUT2D eigenvalue weighted by molar-refractivity contribution is 0.146. The molecule has 1 unspecified atom stereocenters. The Balaban J connectivity index is 2.10. The summed E-state index contributed by atoms with van der Waals surface area (Å²) in [4.78, 5) is 0. The van der Waals surface area contributed by atoms with Crippen molar-refractivity contribution in [2.45, 2.75) is 18.9 Å². The second kappa shape index (κ2) is 4.76. The Bertz CT molecular complexity index is 312. The molecule has 1 aromatic rings. The van der Waals surface area contributed by atoms with E-state index in [1.54, 1.807) is 0 Å². The molecule has 2 rings (SSSR count). The van der Waals surface area contributed by atoms with Crippen LogP contribution < -0.4 is 0 Å². The third-order valence-electron chi connectivity index (χ3n) is 2.35. The fraction of sp³-hybridized carbons (Fsp3) is 0.333. The number of benzene rings is 1. The van der Waals surface area contributed by atoms with E-state index in [9.17, 15) is 0 Å². The van der Waals surface area contributed by atoms with Crippen molar-refractivity contribution in [2.75, 3.05) is 6.61 Å². The van der Waals surface area contributed by atoms with Crippen LogP contribution in [0.3, 0.4) is 0 Å². The normalized spacial score (nSPS) is 22.6. The quantitative estimate of drug-likeness (QED) is 0.782. The number of hydrogen-bond acceptors (Lipinski definition) is 1. The van der Waals surface area contributed by atoms with E-state index in [4.69, 9.17) is 4.74 Å². The maximum atomic E-state index is 5.54. The summed E-state index contributed by atoms with van der Waals surface area (Å²) < 4.78 is 6.67. The molecule has 0 saturated carbocycles. The topological polar surface area (TPSA) is 9.23 Å². The van der Waals surface area contributed by atoms with E-state index in [2.05, 4.69) is 34.1 Å². The first-order chi connectivity index (χ1) is 6.86. The molecular weight excluding hydrogens is 240 g/mol. The first-order valence-corrected chi connectivity index (χ1v) is 5.70. The van der Waals surface area contributed by atoms with Gasteiger partial charge in [-0.05, 0) is 24.5 Å². The van der Waals surface area contributed by atoms with Crippen molar-refractivity contribution in [1.82, 2.24) is 0 Å². The Morgan fingerprint density at radius 1 is 1.36 bits per heavy atom. The van der Waals surface area contributed by atoms with E-state index >= 15 is 0 Å². The number of halogens is 1. The molecule has 0 bridgehead atoms. The van der Waals surface area contributed by atoms with E-state index in [1.807, 2.05) is 18.2 Å². The molecule has 1 aliphatic heterocycles. The number of ether oxygens (including phenoxy) is 1. The van der Waals surface area contributed by atoms with Crippen molar-refractivity contribution in [3.8, 4) is 0 Å². The minimum Gasteiger partial charge on any atom is -0.374 e. The molecular formula is C12H13BrO. The molecule has 0 amide bonds. The fourth-order valence-electron chi connectivity index (χ4n) is 1.59. The van der Waals surface area contributed by atoms with Gasteiger partial charge >= 0.3 is 0 Å². The minimum atomic E-state index is 0.296. The van der Waals surface area contributed by atoms with Crippen molar-refractivity contribution < 1.29 is 4.74 Å². The van der Waals surface area contributed by atoms with Gasteiger partial charge in [-0.15, -0.1) is 0 Å². The van der Waals surface area contributed by atoms with Crippen LogP contribution >= 0.6 is 15.9 Å². The Kier molecular flexibility index (Phi) is 3.38. The van der Waals surface area contributed by atoms with Crippen LogP contribution in [0.25, 0.3) is 4.48 Å². The fourth-order valence-corrected chi connectivity index (χ4v) is 2.15. The van der Waals surface area contributed by atoms with Crippen LogP contribution in [-0.2, 0) is 4.74 Å². The Labute approximate surface area is 92.9 Å². The van der Waals surface area contributed by atoms with Gasteiger partial charge in [0.05, 0.1) is 6.10 Å². The van der Waals surface area contributed by atoms with Crippen LogP contribution in [0.5, 0.6) is 0 Å². The Morgan fingerprint density at radius 2 is 2.14 bits per heavy atom. The summed E-state index contributed by atoms with van der Waals surface area (Å²) in [7, 11) is 0. The van der Waals surface area contributed by atoms with Crippen LogP contribution in [0.1, 0.15) is 18.4 Å². The van der Waals surface area contributed by atoms with E-state index in [-0.39, 0.29) is 0 Å². The molecule has 2 heteroatoms. The molecule has 14 heavy (non-hydrogen) atoms. The van der Waals surface area contributed by atoms with Gasteiger partial charge in [-0.3, -0.25) is 0 Å². The highest BCUT2D eigenvalue weighted by Gasteiger charge is 2.13. The second-order valence-electron chi connectivity index (χ2n) is 3.43. The maximum absolute atomic E-state index is 5.54. The number of rotatable bonds is 2. The van der Waals surface area contributed by atoms with Gasteiger partial charge in [0, 0.05) is 11.1 Å². The Morgan fingerprint density at radius 3 is 2.79 bits per heavy atom. The molecule has 0 spiro atoms. The van der Waals surface area contributed by atoms with Gasteiger partial charge in [-0.2, -0.15) is 0 Å². The van der Waals surface area contributed by atoms with Crippen LogP contribution in [0.4, 0.5) is 0 Å². The summed E-state index contributed by atoms with van der Waals surface area (Å²) in [6.45, 7) is 0.899. The van der Waals surface area contributed by atoms with E-state index in [0.717, 1.165) is 17.5 Å². The molecule has 0 N–H and O–H groups in total. The van der Waals surface area contributed by atoms with Gasteiger partial charge in [0.1, 0.15) is 0 Å². The van der Waals surface area contributed by atoms with Crippen molar-refractivity contribution in [2.24, 2.45) is 0 Å². The van der Waals surface area contributed by atoms with Gasteiger partial charge in [-0.25, -0.2) is 0 Å². The zero-order valence-corrected chi connectivity index (χ0v) is 9.53. The standard InChI is InChI=1S/C12H13BrO/c13-12(9-11-7-4-8-14-11)10-5-2-1-3-6-10/h1-3,5-6,9,11H,4,7-8H2/b12-9+. The third-order valence-corrected chi connectivity index (χ3v) is 3.07. The number of hydrogen-bond donors (Lipinski definition) is 0. The molecule has 1 aromatic carbocycles. The molecule has 1 saturated heterocycles.